The highest BCUT2D eigenvalue weighted by atomic mass is 35.5. The maximum Gasteiger partial charge on any atom is 0.232 e. The van der Waals surface area contributed by atoms with Crippen molar-refractivity contribution in [2.24, 2.45) is 0 Å². The topological polar surface area (TPSA) is 59.2 Å². The highest BCUT2D eigenvalue weighted by molar-refractivity contribution is 6.30. The van der Waals surface area contributed by atoms with E-state index < -0.39 is 0 Å². The van der Waals surface area contributed by atoms with Crippen molar-refractivity contribution in [2.45, 2.75) is 26.2 Å². The smallest absolute Gasteiger partial charge is 0.232 e. The van der Waals surface area contributed by atoms with Crippen LogP contribution in [0.2, 0.25) is 5.02 Å². The Morgan fingerprint density at radius 3 is 2.85 bits per heavy atom. The number of rotatable bonds is 3. The second-order valence-corrected chi connectivity index (χ2v) is 7.10. The molecule has 0 aliphatic carbocycles. The lowest BCUT2D eigenvalue weighted by molar-refractivity contribution is -0.117. The summed E-state index contributed by atoms with van der Waals surface area (Å²) in [6, 6.07) is 13.4. The van der Waals surface area contributed by atoms with Gasteiger partial charge in [-0.25, -0.2) is 0 Å². The predicted octanol–water partition coefficient (Wildman–Crippen LogP) is 4.53. The number of carbonyl (C=O) groups excluding carboxylic acids is 1. The zero-order valence-corrected chi connectivity index (χ0v) is 15.3. The largest absolute Gasteiger partial charge is 0.339 e. The molecule has 0 N–H and O–H groups in total. The molecule has 2 aromatic carbocycles. The fourth-order valence-electron chi connectivity index (χ4n) is 3.25. The average molecular weight is 368 g/mol. The number of aryl methyl sites for hydroxylation is 2. The lowest BCUT2D eigenvalue weighted by atomic mass is 10.1. The Balaban J connectivity index is 1.59. The summed E-state index contributed by atoms with van der Waals surface area (Å²) in [6.07, 6.45) is 0.348. The van der Waals surface area contributed by atoms with E-state index in [4.69, 9.17) is 16.1 Å². The zero-order valence-electron chi connectivity index (χ0n) is 14.6. The van der Waals surface area contributed by atoms with Crippen LogP contribution in [-0.2, 0) is 4.79 Å². The standard InChI is InChI=1S/C20H18ClN3O2/c1-12-6-7-13(2)17(8-12)19-22-20(26-23-19)14-9-18(25)24(11-14)16-5-3-4-15(21)10-16/h3-8,10,14H,9,11H2,1-2H3. The first kappa shape index (κ1) is 16.8. The van der Waals surface area contributed by atoms with Gasteiger partial charge in [-0.2, -0.15) is 4.98 Å². The van der Waals surface area contributed by atoms with Crippen LogP contribution in [0.3, 0.4) is 0 Å². The second kappa shape index (κ2) is 6.57. The highest BCUT2D eigenvalue weighted by Gasteiger charge is 2.35. The number of amides is 1. The zero-order chi connectivity index (χ0) is 18.3. The number of carbonyl (C=O) groups is 1. The number of halogens is 1. The normalized spacial score (nSPS) is 17.1. The Hall–Kier alpha value is -2.66. The summed E-state index contributed by atoms with van der Waals surface area (Å²) in [6.45, 7) is 4.56. The van der Waals surface area contributed by atoms with Crippen LogP contribution < -0.4 is 4.90 Å². The number of benzene rings is 2. The molecule has 1 saturated heterocycles. The molecule has 0 radical (unpaired) electrons. The molecule has 4 rings (SSSR count). The van der Waals surface area contributed by atoms with E-state index in [0.29, 0.717) is 29.7 Å². The first-order chi connectivity index (χ1) is 12.5. The van der Waals surface area contributed by atoms with Gasteiger partial charge in [-0.3, -0.25) is 4.79 Å². The van der Waals surface area contributed by atoms with Crippen LogP contribution in [0.15, 0.2) is 47.0 Å². The van der Waals surface area contributed by atoms with E-state index in [1.54, 1.807) is 17.0 Å². The summed E-state index contributed by atoms with van der Waals surface area (Å²) >= 11 is 6.04. The van der Waals surface area contributed by atoms with E-state index in [1.807, 2.05) is 38.1 Å². The quantitative estimate of drug-likeness (QED) is 0.682. The van der Waals surface area contributed by atoms with Crippen molar-refractivity contribution in [1.29, 1.82) is 0 Å². The molecule has 132 valence electrons. The van der Waals surface area contributed by atoms with E-state index in [2.05, 4.69) is 16.2 Å². The van der Waals surface area contributed by atoms with Gasteiger partial charge in [-0.1, -0.05) is 40.5 Å². The molecule has 1 aliphatic rings. The third kappa shape index (κ3) is 3.10. The van der Waals surface area contributed by atoms with Crippen molar-refractivity contribution in [2.75, 3.05) is 11.4 Å². The van der Waals surface area contributed by atoms with Gasteiger partial charge in [0, 0.05) is 29.2 Å². The summed E-state index contributed by atoms with van der Waals surface area (Å²) in [5.41, 5.74) is 3.97. The monoisotopic (exact) mass is 367 g/mol. The Labute approximate surface area is 156 Å². The number of anilines is 1. The van der Waals surface area contributed by atoms with E-state index in [-0.39, 0.29) is 11.8 Å². The minimum Gasteiger partial charge on any atom is -0.339 e. The Morgan fingerprint density at radius 1 is 1.19 bits per heavy atom. The molecule has 2 heterocycles. The summed E-state index contributed by atoms with van der Waals surface area (Å²) in [5.74, 6) is 0.977. The molecule has 5 nitrogen and oxygen atoms in total. The van der Waals surface area contributed by atoms with Gasteiger partial charge in [0.15, 0.2) is 0 Å². The first-order valence-electron chi connectivity index (χ1n) is 8.48. The van der Waals surface area contributed by atoms with Gasteiger partial charge < -0.3 is 9.42 Å². The first-order valence-corrected chi connectivity index (χ1v) is 8.86. The maximum atomic E-state index is 12.4. The molecule has 26 heavy (non-hydrogen) atoms. The van der Waals surface area contributed by atoms with Crippen LogP contribution in [0.4, 0.5) is 5.69 Å². The SMILES string of the molecule is Cc1ccc(C)c(-c2noc(C3CC(=O)N(c4cccc(Cl)c4)C3)n2)c1. The van der Waals surface area contributed by atoms with Gasteiger partial charge in [0.25, 0.3) is 0 Å². The van der Waals surface area contributed by atoms with E-state index in [9.17, 15) is 4.79 Å². The maximum absolute atomic E-state index is 12.4. The molecule has 0 spiro atoms. The van der Waals surface area contributed by atoms with Crippen LogP contribution in [-0.4, -0.2) is 22.6 Å². The van der Waals surface area contributed by atoms with Crippen LogP contribution in [0.1, 0.15) is 29.4 Å². The Bertz CT molecular complexity index is 983. The molecule has 3 aromatic rings. The molecular formula is C20H18ClN3O2. The van der Waals surface area contributed by atoms with Crippen LogP contribution in [0, 0.1) is 13.8 Å². The molecule has 1 aliphatic heterocycles. The van der Waals surface area contributed by atoms with Crippen molar-refractivity contribution < 1.29 is 9.32 Å². The fourth-order valence-corrected chi connectivity index (χ4v) is 3.44. The highest BCUT2D eigenvalue weighted by Crippen LogP contribution is 2.33. The number of nitrogens with zero attached hydrogens (tertiary/aromatic N) is 3. The van der Waals surface area contributed by atoms with E-state index in [0.717, 1.165) is 22.4 Å². The van der Waals surface area contributed by atoms with E-state index >= 15 is 0 Å². The number of hydrogen-bond donors (Lipinski definition) is 0. The van der Waals surface area contributed by atoms with Gasteiger partial charge in [0.1, 0.15) is 0 Å². The Morgan fingerprint density at radius 2 is 2.04 bits per heavy atom. The third-order valence-electron chi connectivity index (χ3n) is 4.67. The van der Waals surface area contributed by atoms with Crippen LogP contribution >= 0.6 is 11.6 Å². The van der Waals surface area contributed by atoms with Crippen molar-refractivity contribution >= 4 is 23.2 Å². The molecule has 1 amide bonds. The molecule has 1 unspecified atom stereocenters. The van der Waals surface area contributed by atoms with Crippen molar-refractivity contribution in [1.82, 2.24) is 10.1 Å². The minimum atomic E-state index is -0.118. The van der Waals surface area contributed by atoms with Gasteiger partial charge in [0.2, 0.25) is 17.6 Å². The van der Waals surface area contributed by atoms with Gasteiger partial charge in [0.05, 0.1) is 5.92 Å². The van der Waals surface area contributed by atoms with Crippen molar-refractivity contribution in [3.63, 3.8) is 0 Å². The minimum absolute atomic E-state index is 0.0313. The molecule has 0 bridgehead atoms. The molecule has 1 atom stereocenters. The molecule has 0 saturated carbocycles. The van der Waals surface area contributed by atoms with Gasteiger partial charge in [-0.15, -0.1) is 0 Å². The second-order valence-electron chi connectivity index (χ2n) is 6.66. The molecule has 1 aromatic heterocycles. The predicted molar refractivity (Wildman–Crippen MR) is 100 cm³/mol. The van der Waals surface area contributed by atoms with Crippen LogP contribution in [0.5, 0.6) is 0 Å². The average Bonchev–Trinajstić information content (AvgIpc) is 3.24. The lowest BCUT2D eigenvalue weighted by Gasteiger charge is -2.16. The summed E-state index contributed by atoms with van der Waals surface area (Å²) in [4.78, 5) is 18.7. The molecule has 1 fully saturated rings. The van der Waals surface area contributed by atoms with E-state index in [1.165, 1.54) is 0 Å². The fraction of sp³-hybridized carbons (Fsp3) is 0.250. The van der Waals surface area contributed by atoms with Crippen molar-refractivity contribution in [3.8, 4) is 11.4 Å². The third-order valence-corrected chi connectivity index (χ3v) is 4.90. The van der Waals surface area contributed by atoms with Crippen molar-refractivity contribution in [3.05, 3.63) is 64.5 Å². The van der Waals surface area contributed by atoms with Gasteiger partial charge >= 0.3 is 0 Å². The molecular weight excluding hydrogens is 350 g/mol. The molecule has 6 heteroatoms. The number of aromatic nitrogens is 2. The Kier molecular flexibility index (Phi) is 4.24. The van der Waals surface area contributed by atoms with Crippen LogP contribution in [0.25, 0.3) is 11.4 Å². The van der Waals surface area contributed by atoms with Gasteiger partial charge in [-0.05, 0) is 43.7 Å². The summed E-state index contributed by atoms with van der Waals surface area (Å²) in [7, 11) is 0. The summed E-state index contributed by atoms with van der Waals surface area (Å²) < 4.78 is 5.49. The summed E-state index contributed by atoms with van der Waals surface area (Å²) in [5, 5.41) is 4.74. The lowest BCUT2D eigenvalue weighted by Crippen LogP contribution is -2.24. The number of hydrogen-bond acceptors (Lipinski definition) is 4.